The zero-order valence-corrected chi connectivity index (χ0v) is 13.1. The summed E-state index contributed by atoms with van der Waals surface area (Å²) in [7, 11) is 0. The maximum absolute atomic E-state index is 12.4. The van der Waals surface area contributed by atoms with Crippen LogP contribution in [-0.4, -0.2) is 43.3 Å². The van der Waals surface area contributed by atoms with Crippen LogP contribution in [0.5, 0.6) is 0 Å². The van der Waals surface area contributed by atoms with Gasteiger partial charge in [-0.2, -0.15) is 12.6 Å². The minimum absolute atomic E-state index is 0.138. The molecule has 1 saturated heterocycles. The van der Waals surface area contributed by atoms with Crippen LogP contribution >= 0.6 is 24.4 Å². The van der Waals surface area contributed by atoms with E-state index in [1.807, 2.05) is 27.7 Å². The Hall–Kier alpha value is -0.360. The van der Waals surface area contributed by atoms with E-state index in [1.165, 1.54) is 16.7 Å². The lowest BCUT2D eigenvalue weighted by molar-refractivity contribution is -0.154. The summed E-state index contributed by atoms with van der Waals surface area (Å²) in [6, 6.07) is -0.799. The Balaban J connectivity index is 3.19. The summed E-state index contributed by atoms with van der Waals surface area (Å²) >= 11 is 5.65. The molecule has 6 heteroatoms. The lowest BCUT2D eigenvalue weighted by Gasteiger charge is -2.35. The van der Waals surface area contributed by atoms with Crippen LogP contribution in [0.25, 0.3) is 0 Å². The lowest BCUT2D eigenvalue weighted by atomic mass is 9.99. The van der Waals surface area contributed by atoms with Gasteiger partial charge in [-0.15, -0.1) is 11.8 Å². The number of thiol groups is 1. The van der Waals surface area contributed by atoms with Gasteiger partial charge in [-0.05, 0) is 27.7 Å². The van der Waals surface area contributed by atoms with E-state index in [2.05, 4.69) is 12.6 Å². The van der Waals surface area contributed by atoms with Crippen molar-refractivity contribution in [2.45, 2.75) is 50.3 Å². The maximum Gasteiger partial charge on any atom is 0.327 e. The van der Waals surface area contributed by atoms with Crippen molar-refractivity contribution < 1.29 is 14.7 Å². The number of nitrogens with zero attached hydrogens (tertiary/aromatic N) is 1. The van der Waals surface area contributed by atoms with Crippen LogP contribution in [0.15, 0.2) is 0 Å². The van der Waals surface area contributed by atoms with Crippen LogP contribution in [-0.2, 0) is 9.59 Å². The Morgan fingerprint density at radius 2 is 1.89 bits per heavy atom. The predicted octanol–water partition coefficient (Wildman–Crippen LogP) is 2.10. The second-order valence-corrected chi connectivity index (χ2v) is 8.31. The first kappa shape index (κ1) is 15.7. The van der Waals surface area contributed by atoms with Gasteiger partial charge in [0.1, 0.15) is 6.04 Å². The van der Waals surface area contributed by atoms with E-state index in [-0.39, 0.29) is 11.8 Å². The summed E-state index contributed by atoms with van der Waals surface area (Å²) in [6.07, 6.45) is 0. The number of hydrogen-bond donors (Lipinski definition) is 2. The molecule has 18 heavy (non-hydrogen) atoms. The quantitative estimate of drug-likeness (QED) is 0.782. The molecule has 4 nitrogen and oxygen atoms in total. The van der Waals surface area contributed by atoms with Crippen molar-refractivity contribution in [2.75, 3.05) is 5.75 Å². The molecule has 0 saturated carbocycles. The fourth-order valence-corrected chi connectivity index (χ4v) is 4.54. The van der Waals surface area contributed by atoms with Gasteiger partial charge in [-0.1, -0.05) is 6.92 Å². The number of amides is 1. The molecular formula is C12H21NO3S2. The molecule has 0 aromatic rings. The zero-order chi connectivity index (χ0) is 14.3. The fourth-order valence-electron chi connectivity index (χ4n) is 2.49. The summed E-state index contributed by atoms with van der Waals surface area (Å²) in [5, 5.41) is 9.43. The number of hydrogen-bond acceptors (Lipinski definition) is 4. The smallest absolute Gasteiger partial charge is 0.327 e. The first-order valence-electron chi connectivity index (χ1n) is 5.91. The van der Waals surface area contributed by atoms with Gasteiger partial charge in [0.2, 0.25) is 5.91 Å². The fraction of sp³-hybridized carbons (Fsp3) is 0.833. The molecule has 2 atom stereocenters. The molecular weight excluding hydrogens is 270 g/mol. The predicted molar refractivity (Wildman–Crippen MR) is 77.0 cm³/mol. The lowest BCUT2D eigenvalue weighted by Crippen LogP contribution is -2.54. The molecule has 0 bridgehead atoms. The monoisotopic (exact) mass is 291 g/mol. The molecule has 0 aliphatic carbocycles. The van der Waals surface area contributed by atoms with E-state index >= 15 is 0 Å². The standard InChI is InChI=1S/C12H21NO3S2/c1-7(6-17)9(14)13-8(10(15)16)11(2,3)18-12(13,4)5/h7-8,17H,6H2,1-5H3,(H,15,16). The number of carbonyl (C=O) groups excluding carboxylic acids is 1. The highest BCUT2D eigenvalue weighted by Crippen LogP contribution is 2.51. The van der Waals surface area contributed by atoms with Gasteiger partial charge < -0.3 is 10.0 Å². The van der Waals surface area contributed by atoms with Gasteiger partial charge >= 0.3 is 5.97 Å². The molecule has 1 heterocycles. The summed E-state index contributed by atoms with van der Waals surface area (Å²) in [6.45, 7) is 9.31. The highest BCUT2D eigenvalue weighted by Gasteiger charge is 2.57. The van der Waals surface area contributed by atoms with Gasteiger partial charge in [-0.25, -0.2) is 4.79 Å². The van der Waals surface area contributed by atoms with Crippen LogP contribution in [0, 0.1) is 5.92 Å². The third-order valence-corrected chi connectivity index (χ3v) is 5.17. The van der Waals surface area contributed by atoms with Crippen molar-refractivity contribution in [3.8, 4) is 0 Å². The summed E-state index contributed by atoms with van der Waals surface area (Å²) in [4.78, 5) is 24.9. The van der Waals surface area contributed by atoms with Gasteiger partial charge in [0.25, 0.3) is 0 Å². The van der Waals surface area contributed by atoms with Gasteiger partial charge in [0.05, 0.1) is 4.87 Å². The molecule has 1 rings (SSSR count). The highest BCUT2D eigenvalue weighted by molar-refractivity contribution is 8.02. The third-order valence-electron chi connectivity index (χ3n) is 3.18. The molecule has 0 spiro atoms. The second-order valence-electron chi connectivity index (χ2n) is 5.68. The maximum atomic E-state index is 12.4. The van der Waals surface area contributed by atoms with E-state index in [0.717, 1.165) is 0 Å². The molecule has 104 valence electrons. The highest BCUT2D eigenvalue weighted by atomic mass is 32.2. The average molecular weight is 291 g/mol. The van der Waals surface area contributed by atoms with Crippen molar-refractivity contribution in [3.05, 3.63) is 0 Å². The molecule has 1 amide bonds. The van der Waals surface area contributed by atoms with Crippen LogP contribution in [0.4, 0.5) is 0 Å². The number of carboxylic acids is 1. The molecule has 1 fully saturated rings. The molecule has 1 N–H and O–H groups in total. The van der Waals surface area contributed by atoms with Crippen LogP contribution in [0.1, 0.15) is 34.6 Å². The van der Waals surface area contributed by atoms with Gasteiger partial charge in [0, 0.05) is 16.4 Å². The van der Waals surface area contributed by atoms with Crippen molar-refractivity contribution in [1.29, 1.82) is 0 Å². The molecule has 1 aliphatic heterocycles. The van der Waals surface area contributed by atoms with E-state index in [1.54, 1.807) is 6.92 Å². The molecule has 0 aromatic carbocycles. The Morgan fingerprint density at radius 1 is 1.39 bits per heavy atom. The average Bonchev–Trinajstić information content (AvgIpc) is 2.40. The van der Waals surface area contributed by atoms with Crippen molar-refractivity contribution in [2.24, 2.45) is 5.92 Å². The summed E-state index contributed by atoms with van der Waals surface area (Å²) in [5.74, 6) is -0.940. The van der Waals surface area contributed by atoms with Crippen molar-refractivity contribution >= 4 is 36.3 Å². The van der Waals surface area contributed by atoms with Gasteiger partial charge in [0.15, 0.2) is 0 Å². The summed E-state index contributed by atoms with van der Waals surface area (Å²) < 4.78 is -0.499. The first-order valence-corrected chi connectivity index (χ1v) is 7.36. The molecule has 2 unspecified atom stereocenters. The Labute approximate surface area is 118 Å². The summed E-state index contributed by atoms with van der Waals surface area (Å²) in [5.41, 5.74) is 0. The van der Waals surface area contributed by atoms with Crippen molar-refractivity contribution in [1.82, 2.24) is 4.90 Å². The third kappa shape index (κ3) is 2.64. The minimum atomic E-state index is -0.946. The number of carboxylic acid groups (broad SMARTS) is 1. The first-order chi connectivity index (χ1) is 8.04. The van der Waals surface area contributed by atoms with E-state index in [0.29, 0.717) is 5.75 Å². The normalized spacial score (nSPS) is 27.0. The van der Waals surface area contributed by atoms with E-state index < -0.39 is 21.6 Å². The van der Waals surface area contributed by atoms with E-state index in [9.17, 15) is 14.7 Å². The largest absolute Gasteiger partial charge is 0.480 e. The number of thioether (sulfide) groups is 1. The Kier molecular flexibility index (Phi) is 4.33. The molecule has 0 aromatic heterocycles. The van der Waals surface area contributed by atoms with E-state index in [4.69, 9.17) is 0 Å². The van der Waals surface area contributed by atoms with Crippen molar-refractivity contribution in [3.63, 3.8) is 0 Å². The number of rotatable bonds is 3. The molecule has 1 aliphatic rings. The van der Waals surface area contributed by atoms with Crippen LogP contribution in [0.2, 0.25) is 0 Å². The second kappa shape index (κ2) is 4.96. The number of aliphatic carboxylic acids is 1. The minimum Gasteiger partial charge on any atom is -0.480 e. The van der Waals surface area contributed by atoms with Crippen LogP contribution in [0.3, 0.4) is 0 Å². The topological polar surface area (TPSA) is 57.6 Å². The molecule has 0 radical (unpaired) electrons. The zero-order valence-electron chi connectivity index (χ0n) is 11.4. The Morgan fingerprint density at radius 3 is 2.28 bits per heavy atom. The van der Waals surface area contributed by atoms with Crippen LogP contribution < -0.4 is 0 Å². The SMILES string of the molecule is CC(CS)C(=O)N1C(C(=O)O)C(C)(C)SC1(C)C. The number of carbonyl (C=O) groups is 2. The Bertz CT molecular complexity index is 368. The van der Waals surface area contributed by atoms with Gasteiger partial charge in [-0.3, -0.25) is 4.79 Å².